The lowest BCUT2D eigenvalue weighted by Crippen LogP contribution is -2.23. The Kier molecular flexibility index (Phi) is 9.62. The number of thioether (sulfide) groups is 1. The molecule has 0 fully saturated rings. The molecule has 4 aromatic rings. The summed E-state index contributed by atoms with van der Waals surface area (Å²) in [6, 6.07) is 11.0. The molecule has 0 bridgehead atoms. The largest absolute Gasteiger partial charge is 0.416 e. The number of carbonyl (C=O) groups is 1. The van der Waals surface area contributed by atoms with Crippen LogP contribution in [0.4, 0.5) is 17.6 Å². The van der Waals surface area contributed by atoms with E-state index in [9.17, 15) is 27.2 Å². The third kappa shape index (κ3) is 7.39. The number of halogens is 4. The van der Waals surface area contributed by atoms with Gasteiger partial charge in [-0.2, -0.15) is 18.2 Å². The number of nitrogens with zero attached hydrogens (tertiary/aromatic N) is 5. The monoisotopic (exact) mass is 635 g/mol. The van der Waals surface area contributed by atoms with Gasteiger partial charge in [-0.05, 0) is 60.2 Å². The van der Waals surface area contributed by atoms with Crippen LogP contribution in [0.2, 0.25) is 0 Å². The summed E-state index contributed by atoms with van der Waals surface area (Å²) in [4.78, 5) is 29.6. The first-order valence-electron chi connectivity index (χ1n) is 14.1. The summed E-state index contributed by atoms with van der Waals surface area (Å²) >= 11 is 1.36. The van der Waals surface area contributed by atoms with Crippen molar-refractivity contribution in [3.8, 4) is 0 Å². The van der Waals surface area contributed by atoms with Crippen molar-refractivity contribution in [2.75, 3.05) is 0 Å². The SMILES string of the molecule is C=CC(=CC=CCn1c(Cn2c(SCc3ccc(F)cc3)nc(=O)c3c2CCC3)nnc1C(C)=O)c1ccc(C(F)(F)F)cc1. The number of alkyl halides is 3. The van der Waals surface area contributed by atoms with Gasteiger partial charge in [-0.1, -0.05) is 66.9 Å². The van der Waals surface area contributed by atoms with Crippen LogP contribution in [0.5, 0.6) is 0 Å². The molecule has 0 atom stereocenters. The van der Waals surface area contributed by atoms with Crippen LogP contribution in [0.3, 0.4) is 0 Å². The standard InChI is InChI=1S/C33H29F4N5O2S/c1-3-23(24-12-14-25(15-13-24)33(35,36)37)7-4-5-18-41-29(39-40-30(41)21(2)43)19-42-28-9-6-8-27(28)31(44)38-32(42)45-20-22-10-16-26(34)17-11-22/h3-5,7,10-17H,1,6,8-9,18-20H2,2H3. The van der Waals surface area contributed by atoms with Gasteiger partial charge in [-0.25, -0.2) is 4.39 Å². The van der Waals surface area contributed by atoms with Gasteiger partial charge >= 0.3 is 6.18 Å². The van der Waals surface area contributed by atoms with Gasteiger partial charge in [0.05, 0.1) is 12.1 Å². The van der Waals surface area contributed by atoms with Crippen molar-refractivity contribution >= 4 is 23.1 Å². The van der Waals surface area contributed by atoms with Gasteiger partial charge in [-0.3, -0.25) is 9.59 Å². The van der Waals surface area contributed by atoms with Crippen molar-refractivity contribution in [2.24, 2.45) is 0 Å². The molecular weight excluding hydrogens is 606 g/mol. The Bertz CT molecular complexity index is 1840. The second-order valence-electron chi connectivity index (χ2n) is 10.4. The number of aromatic nitrogens is 5. The molecule has 0 amide bonds. The van der Waals surface area contributed by atoms with Crippen LogP contribution in [-0.4, -0.2) is 30.1 Å². The summed E-state index contributed by atoms with van der Waals surface area (Å²) in [5.74, 6) is 0.515. The molecule has 0 N–H and O–H groups in total. The summed E-state index contributed by atoms with van der Waals surface area (Å²) in [6.07, 6.45) is 4.51. The minimum Gasteiger partial charge on any atom is -0.316 e. The number of Topliss-reactive ketones (excluding diaryl/α,β-unsaturated/α-hetero) is 1. The fraction of sp³-hybridized carbons (Fsp3) is 0.242. The van der Waals surface area contributed by atoms with Crippen molar-refractivity contribution in [1.82, 2.24) is 24.3 Å². The number of carbonyl (C=O) groups excluding carboxylic acids is 1. The predicted molar refractivity (Wildman–Crippen MR) is 164 cm³/mol. The van der Waals surface area contributed by atoms with Crippen molar-refractivity contribution in [1.29, 1.82) is 0 Å². The summed E-state index contributed by atoms with van der Waals surface area (Å²) < 4.78 is 55.9. The summed E-state index contributed by atoms with van der Waals surface area (Å²) in [6.45, 7) is 5.62. The quantitative estimate of drug-likeness (QED) is 0.0590. The molecule has 2 aromatic heterocycles. The maximum absolute atomic E-state index is 13.4. The van der Waals surface area contributed by atoms with Gasteiger partial charge in [0.1, 0.15) is 5.82 Å². The Morgan fingerprint density at radius 2 is 1.78 bits per heavy atom. The lowest BCUT2D eigenvalue weighted by Gasteiger charge is -2.17. The van der Waals surface area contributed by atoms with Crippen LogP contribution in [-0.2, 0) is 37.9 Å². The first-order valence-corrected chi connectivity index (χ1v) is 15.1. The summed E-state index contributed by atoms with van der Waals surface area (Å²) in [7, 11) is 0. The number of benzene rings is 2. The molecule has 232 valence electrons. The van der Waals surface area contributed by atoms with Gasteiger partial charge in [0.25, 0.3) is 5.56 Å². The van der Waals surface area contributed by atoms with E-state index in [1.54, 1.807) is 41.0 Å². The number of allylic oxidation sites excluding steroid dienone is 5. The zero-order valence-corrected chi connectivity index (χ0v) is 25.2. The molecule has 45 heavy (non-hydrogen) atoms. The topological polar surface area (TPSA) is 82.7 Å². The van der Waals surface area contributed by atoms with Gasteiger partial charge in [0.2, 0.25) is 0 Å². The van der Waals surface area contributed by atoms with Gasteiger partial charge in [-0.15, -0.1) is 10.2 Å². The Labute approximate surface area is 261 Å². The molecule has 2 heterocycles. The molecular formula is C33H29F4N5O2S. The highest BCUT2D eigenvalue weighted by molar-refractivity contribution is 7.98. The molecule has 0 saturated carbocycles. The lowest BCUT2D eigenvalue weighted by atomic mass is 10.0. The van der Waals surface area contributed by atoms with E-state index < -0.39 is 11.7 Å². The maximum atomic E-state index is 13.4. The van der Waals surface area contributed by atoms with Crippen LogP contribution >= 0.6 is 11.8 Å². The van der Waals surface area contributed by atoms with Crippen LogP contribution in [0, 0.1) is 5.82 Å². The minimum atomic E-state index is -4.42. The fourth-order valence-corrected chi connectivity index (χ4v) is 6.07. The molecule has 0 saturated heterocycles. The van der Waals surface area contributed by atoms with Crippen molar-refractivity contribution in [2.45, 2.75) is 56.4 Å². The highest BCUT2D eigenvalue weighted by atomic mass is 32.2. The van der Waals surface area contributed by atoms with Crippen LogP contribution in [0.25, 0.3) is 5.57 Å². The highest BCUT2D eigenvalue weighted by Crippen LogP contribution is 2.30. The molecule has 2 aromatic carbocycles. The number of ketones is 1. The Balaban J connectivity index is 1.41. The minimum absolute atomic E-state index is 0.163. The zero-order valence-electron chi connectivity index (χ0n) is 24.4. The summed E-state index contributed by atoms with van der Waals surface area (Å²) in [5, 5.41) is 8.94. The normalized spacial score (nSPS) is 13.4. The smallest absolute Gasteiger partial charge is 0.316 e. The molecule has 1 aliphatic carbocycles. The third-order valence-electron chi connectivity index (χ3n) is 7.39. The van der Waals surface area contributed by atoms with E-state index in [2.05, 4.69) is 21.8 Å². The lowest BCUT2D eigenvalue weighted by molar-refractivity contribution is -0.137. The molecule has 12 heteroatoms. The van der Waals surface area contributed by atoms with Crippen molar-refractivity contribution in [3.63, 3.8) is 0 Å². The average molecular weight is 636 g/mol. The molecule has 0 radical (unpaired) electrons. The van der Waals surface area contributed by atoms with Gasteiger partial charge in [0, 0.05) is 30.5 Å². The number of rotatable bonds is 11. The molecule has 0 spiro atoms. The first kappa shape index (κ1) is 31.8. The van der Waals surface area contributed by atoms with E-state index in [0.29, 0.717) is 46.3 Å². The molecule has 5 rings (SSSR count). The second-order valence-corrected chi connectivity index (χ2v) is 11.4. The summed E-state index contributed by atoms with van der Waals surface area (Å²) in [5.41, 5.74) is 2.62. The molecule has 7 nitrogen and oxygen atoms in total. The zero-order chi connectivity index (χ0) is 32.1. The molecule has 0 aliphatic heterocycles. The highest BCUT2D eigenvalue weighted by Gasteiger charge is 2.30. The van der Waals surface area contributed by atoms with Crippen LogP contribution in [0.15, 0.2) is 89.4 Å². The van der Waals surface area contributed by atoms with Gasteiger partial charge in [0.15, 0.2) is 22.6 Å². The number of hydrogen-bond acceptors (Lipinski definition) is 6. The van der Waals surface area contributed by atoms with E-state index >= 15 is 0 Å². The third-order valence-corrected chi connectivity index (χ3v) is 8.44. The van der Waals surface area contributed by atoms with E-state index in [1.165, 1.54) is 43.0 Å². The number of hydrogen-bond donors (Lipinski definition) is 0. The second kappa shape index (κ2) is 13.6. The van der Waals surface area contributed by atoms with Crippen LogP contribution < -0.4 is 5.56 Å². The maximum Gasteiger partial charge on any atom is 0.416 e. The van der Waals surface area contributed by atoms with Crippen LogP contribution in [0.1, 0.15) is 57.7 Å². The van der Waals surface area contributed by atoms with E-state index in [-0.39, 0.29) is 36.1 Å². The van der Waals surface area contributed by atoms with Crippen molar-refractivity contribution in [3.05, 3.63) is 135 Å². The number of fused-ring (bicyclic) bond motifs is 1. The van der Waals surface area contributed by atoms with E-state index in [0.717, 1.165) is 29.8 Å². The first-order chi connectivity index (χ1) is 21.5. The van der Waals surface area contributed by atoms with E-state index in [1.807, 2.05) is 4.57 Å². The Morgan fingerprint density at radius 3 is 2.44 bits per heavy atom. The Hall–Kier alpha value is -4.58. The van der Waals surface area contributed by atoms with Gasteiger partial charge < -0.3 is 9.13 Å². The van der Waals surface area contributed by atoms with Crippen molar-refractivity contribution < 1.29 is 22.4 Å². The van der Waals surface area contributed by atoms with E-state index in [4.69, 9.17) is 0 Å². The Morgan fingerprint density at radius 1 is 1.04 bits per heavy atom. The predicted octanol–water partition coefficient (Wildman–Crippen LogP) is 6.85. The molecule has 1 aliphatic rings. The fourth-order valence-electron chi connectivity index (χ4n) is 5.11. The molecule has 0 unspecified atom stereocenters. The average Bonchev–Trinajstić information content (AvgIpc) is 3.66.